The third-order valence-corrected chi connectivity index (χ3v) is 6.69. The van der Waals surface area contributed by atoms with Crippen molar-refractivity contribution in [1.82, 2.24) is 19.4 Å². The zero-order chi connectivity index (χ0) is 20.9. The number of nitrogens with one attached hydrogen (secondary N) is 1. The van der Waals surface area contributed by atoms with Gasteiger partial charge in [0.2, 0.25) is 15.9 Å². The van der Waals surface area contributed by atoms with E-state index in [-0.39, 0.29) is 16.7 Å². The number of carbonyl (C=O) groups is 2. The molecule has 2 fully saturated rings. The molecular formula is C19H28N4O5S. The fraction of sp³-hybridized carbons (Fsp3) is 0.579. The number of nitrogens with zero attached hydrogens (tertiary/aromatic N) is 3. The van der Waals surface area contributed by atoms with Gasteiger partial charge in [0, 0.05) is 51.4 Å². The highest BCUT2D eigenvalue weighted by Gasteiger charge is 2.26. The fourth-order valence-electron chi connectivity index (χ4n) is 3.44. The van der Waals surface area contributed by atoms with Gasteiger partial charge in [0.15, 0.2) is 0 Å². The van der Waals surface area contributed by atoms with Crippen molar-refractivity contribution < 1.29 is 22.7 Å². The molecule has 3 rings (SSSR count). The predicted molar refractivity (Wildman–Crippen MR) is 107 cm³/mol. The number of piperazine rings is 1. The molecular weight excluding hydrogens is 396 g/mol. The minimum absolute atomic E-state index is 0.0805. The minimum atomic E-state index is -3.54. The van der Waals surface area contributed by atoms with E-state index in [1.54, 1.807) is 16.7 Å². The van der Waals surface area contributed by atoms with Crippen molar-refractivity contribution in [2.75, 3.05) is 65.6 Å². The van der Waals surface area contributed by atoms with Gasteiger partial charge in [-0.1, -0.05) is 6.92 Å². The van der Waals surface area contributed by atoms with Gasteiger partial charge in [0.05, 0.1) is 24.7 Å². The molecule has 29 heavy (non-hydrogen) atoms. The van der Waals surface area contributed by atoms with Crippen molar-refractivity contribution >= 4 is 21.8 Å². The minimum Gasteiger partial charge on any atom is -0.379 e. The van der Waals surface area contributed by atoms with Gasteiger partial charge in [-0.25, -0.2) is 13.1 Å². The molecule has 0 bridgehead atoms. The second kappa shape index (κ2) is 9.66. The second-order valence-corrected chi connectivity index (χ2v) is 8.85. The molecule has 0 radical (unpaired) electrons. The van der Waals surface area contributed by atoms with Crippen LogP contribution in [0.4, 0.5) is 0 Å². The van der Waals surface area contributed by atoms with Gasteiger partial charge in [-0.2, -0.15) is 0 Å². The zero-order valence-electron chi connectivity index (χ0n) is 16.7. The fourth-order valence-corrected chi connectivity index (χ4v) is 4.48. The van der Waals surface area contributed by atoms with Crippen LogP contribution in [0.25, 0.3) is 0 Å². The first-order chi connectivity index (χ1) is 13.9. The molecule has 1 aromatic rings. The molecule has 0 atom stereocenters. The normalized spacial score (nSPS) is 18.7. The average Bonchev–Trinajstić information content (AvgIpc) is 2.74. The summed E-state index contributed by atoms with van der Waals surface area (Å²) in [5, 5.41) is 0. The molecule has 2 aliphatic heterocycles. The maximum absolute atomic E-state index is 12.7. The number of rotatable bonds is 6. The van der Waals surface area contributed by atoms with E-state index in [2.05, 4.69) is 9.62 Å². The van der Waals surface area contributed by atoms with Gasteiger partial charge in [-0.05, 0) is 24.3 Å². The summed E-state index contributed by atoms with van der Waals surface area (Å²) in [5.74, 6) is -0.0744. The number of hydrogen-bond acceptors (Lipinski definition) is 6. The van der Waals surface area contributed by atoms with E-state index in [4.69, 9.17) is 4.74 Å². The molecule has 0 unspecified atom stereocenters. The average molecular weight is 425 g/mol. The summed E-state index contributed by atoms with van der Waals surface area (Å²) in [7, 11) is -3.54. The molecule has 1 aromatic carbocycles. The Balaban J connectivity index is 1.52. The van der Waals surface area contributed by atoms with E-state index in [0.717, 1.165) is 13.1 Å². The largest absolute Gasteiger partial charge is 0.379 e. The van der Waals surface area contributed by atoms with Crippen LogP contribution >= 0.6 is 0 Å². The summed E-state index contributed by atoms with van der Waals surface area (Å²) in [4.78, 5) is 30.9. The molecule has 0 aliphatic carbocycles. The van der Waals surface area contributed by atoms with Crippen molar-refractivity contribution in [3.8, 4) is 0 Å². The number of hydrogen-bond donors (Lipinski definition) is 1. The van der Waals surface area contributed by atoms with Crippen molar-refractivity contribution in [1.29, 1.82) is 0 Å². The summed E-state index contributed by atoms with van der Waals surface area (Å²) < 4.78 is 31.7. The van der Waals surface area contributed by atoms with Crippen LogP contribution in [0.1, 0.15) is 17.3 Å². The lowest BCUT2D eigenvalue weighted by atomic mass is 10.2. The predicted octanol–water partition coefficient (Wildman–Crippen LogP) is -0.399. The van der Waals surface area contributed by atoms with E-state index in [0.29, 0.717) is 58.0 Å². The lowest BCUT2D eigenvalue weighted by molar-refractivity contribution is -0.134. The van der Waals surface area contributed by atoms with Gasteiger partial charge in [-0.15, -0.1) is 0 Å². The van der Waals surface area contributed by atoms with Crippen LogP contribution in [-0.4, -0.2) is 101 Å². The van der Waals surface area contributed by atoms with E-state index < -0.39 is 10.0 Å². The molecule has 2 heterocycles. The lowest BCUT2D eigenvalue weighted by Gasteiger charge is -2.36. The Kier molecular flexibility index (Phi) is 7.23. The summed E-state index contributed by atoms with van der Waals surface area (Å²) in [6.07, 6.45) is 0. The number of morpholine rings is 1. The molecule has 1 N–H and O–H groups in total. The number of sulfonamides is 1. The standard InChI is InChI=1S/C19H28N4O5S/c1-2-20-29(26,27)17-5-3-16(4-6-17)19(25)23-9-7-22(8-10-23)18(24)15-21-11-13-28-14-12-21/h3-6,20H,2,7-15H2,1H3. The summed E-state index contributed by atoms with van der Waals surface area (Å²) in [6.45, 7) is 7.18. The maximum Gasteiger partial charge on any atom is 0.253 e. The van der Waals surface area contributed by atoms with Crippen molar-refractivity contribution in [3.63, 3.8) is 0 Å². The summed E-state index contributed by atoms with van der Waals surface area (Å²) in [5.41, 5.74) is 0.438. The SMILES string of the molecule is CCNS(=O)(=O)c1ccc(C(=O)N2CCN(C(=O)CN3CCOCC3)CC2)cc1. The highest BCUT2D eigenvalue weighted by molar-refractivity contribution is 7.89. The van der Waals surface area contributed by atoms with Gasteiger partial charge in [-0.3, -0.25) is 14.5 Å². The maximum atomic E-state index is 12.7. The summed E-state index contributed by atoms with van der Waals surface area (Å²) in [6, 6.07) is 5.94. The van der Waals surface area contributed by atoms with Crippen LogP contribution in [0, 0.1) is 0 Å². The molecule has 10 heteroatoms. The number of benzene rings is 1. The Morgan fingerprint density at radius 1 is 0.966 bits per heavy atom. The Morgan fingerprint density at radius 2 is 1.55 bits per heavy atom. The van der Waals surface area contributed by atoms with E-state index in [1.165, 1.54) is 24.3 Å². The Hall–Kier alpha value is -2.01. The number of amides is 2. The second-order valence-electron chi connectivity index (χ2n) is 7.09. The van der Waals surface area contributed by atoms with Crippen LogP contribution in [0.3, 0.4) is 0 Å². The molecule has 9 nitrogen and oxygen atoms in total. The molecule has 0 aromatic heterocycles. The Bertz CT molecular complexity index is 814. The van der Waals surface area contributed by atoms with Gasteiger partial charge in [0.1, 0.15) is 0 Å². The first kappa shape index (κ1) is 21.7. The topological polar surface area (TPSA) is 99.3 Å². The third-order valence-electron chi connectivity index (χ3n) is 5.13. The van der Waals surface area contributed by atoms with Crippen molar-refractivity contribution in [2.45, 2.75) is 11.8 Å². The molecule has 2 amide bonds. The van der Waals surface area contributed by atoms with E-state index in [9.17, 15) is 18.0 Å². The van der Waals surface area contributed by atoms with Crippen LogP contribution in [0.15, 0.2) is 29.2 Å². The lowest BCUT2D eigenvalue weighted by Crippen LogP contribution is -2.53. The number of carbonyl (C=O) groups excluding carboxylic acids is 2. The molecule has 0 saturated carbocycles. The van der Waals surface area contributed by atoms with Gasteiger partial charge in [0.25, 0.3) is 5.91 Å². The zero-order valence-corrected chi connectivity index (χ0v) is 17.5. The Morgan fingerprint density at radius 3 is 2.14 bits per heavy atom. The van der Waals surface area contributed by atoms with Crippen molar-refractivity contribution in [2.24, 2.45) is 0 Å². The third kappa shape index (κ3) is 5.53. The van der Waals surface area contributed by atoms with Crippen LogP contribution in [-0.2, 0) is 19.6 Å². The first-order valence-electron chi connectivity index (χ1n) is 9.87. The van der Waals surface area contributed by atoms with Gasteiger partial charge >= 0.3 is 0 Å². The molecule has 2 aliphatic rings. The Labute approximate surface area is 171 Å². The monoisotopic (exact) mass is 424 g/mol. The summed E-state index contributed by atoms with van der Waals surface area (Å²) >= 11 is 0. The van der Waals surface area contributed by atoms with Crippen molar-refractivity contribution in [3.05, 3.63) is 29.8 Å². The highest BCUT2D eigenvalue weighted by Crippen LogP contribution is 2.14. The quantitative estimate of drug-likeness (QED) is 0.667. The molecule has 0 spiro atoms. The van der Waals surface area contributed by atoms with Gasteiger partial charge < -0.3 is 14.5 Å². The highest BCUT2D eigenvalue weighted by atomic mass is 32.2. The van der Waals surface area contributed by atoms with Crippen LogP contribution in [0.5, 0.6) is 0 Å². The number of ether oxygens (including phenoxy) is 1. The first-order valence-corrected chi connectivity index (χ1v) is 11.4. The van der Waals surface area contributed by atoms with E-state index >= 15 is 0 Å². The molecule has 160 valence electrons. The smallest absolute Gasteiger partial charge is 0.253 e. The van der Waals surface area contributed by atoms with E-state index in [1.807, 2.05) is 0 Å². The van der Waals surface area contributed by atoms with Crippen LogP contribution < -0.4 is 4.72 Å². The molecule has 2 saturated heterocycles. The van der Waals surface area contributed by atoms with Crippen LogP contribution in [0.2, 0.25) is 0 Å².